The minimum Gasteiger partial charge on any atom is -0.489 e. The van der Waals surface area contributed by atoms with Crippen LogP contribution in [0.2, 0.25) is 0 Å². The van der Waals surface area contributed by atoms with Crippen LogP contribution in [0.15, 0.2) is 42.5 Å². The maximum atomic E-state index is 5.80. The maximum absolute atomic E-state index is 5.80. The summed E-state index contributed by atoms with van der Waals surface area (Å²) in [6.07, 6.45) is 0. The van der Waals surface area contributed by atoms with Crippen molar-refractivity contribution in [1.29, 1.82) is 0 Å². The van der Waals surface area contributed by atoms with E-state index in [4.69, 9.17) is 10.5 Å². The Morgan fingerprint density at radius 3 is 2.20 bits per heavy atom. The molecule has 2 N–H and O–H groups in total. The molecule has 0 aliphatic rings. The van der Waals surface area contributed by atoms with E-state index in [0.717, 1.165) is 17.0 Å². The van der Waals surface area contributed by atoms with E-state index in [9.17, 15) is 0 Å². The van der Waals surface area contributed by atoms with E-state index in [0.29, 0.717) is 6.61 Å². The zero-order valence-corrected chi connectivity index (χ0v) is 12.7. The number of rotatable bonds is 3. The first-order chi connectivity index (χ1) is 9.36. The van der Waals surface area contributed by atoms with Gasteiger partial charge in [-0.15, -0.1) is 0 Å². The number of anilines is 1. The van der Waals surface area contributed by atoms with Crippen molar-refractivity contribution < 1.29 is 4.74 Å². The van der Waals surface area contributed by atoms with Crippen molar-refractivity contribution in [1.82, 2.24) is 0 Å². The second kappa shape index (κ2) is 5.58. The molecule has 2 aromatic rings. The van der Waals surface area contributed by atoms with Crippen LogP contribution in [0, 0.1) is 6.92 Å². The minimum atomic E-state index is 0.188. The minimum absolute atomic E-state index is 0.188. The molecule has 0 saturated heterocycles. The Balaban J connectivity index is 2.02. The SMILES string of the molecule is Cc1cc(OCc2ccc(C(C)(C)C)cc2)ccc1N. The molecule has 0 amide bonds. The molecular weight excluding hydrogens is 246 g/mol. The highest BCUT2D eigenvalue weighted by Gasteiger charge is 2.12. The van der Waals surface area contributed by atoms with Crippen molar-refractivity contribution in [2.45, 2.75) is 39.7 Å². The van der Waals surface area contributed by atoms with Crippen LogP contribution in [-0.2, 0) is 12.0 Å². The van der Waals surface area contributed by atoms with Crippen molar-refractivity contribution in [3.05, 3.63) is 59.2 Å². The van der Waals surface area contributed by atoms with Gasteiger partial charge in [0.25, 0.3) is 0 Å². The molecule has 0 fully saturated rings. The Bertz CT molecular complexity index is 579. The average molecular weight is 269 g/mol. The van der Waals surface area contributed by atoms with E-state index in [1.165, 1.54) is 11.1 Å². The predicted molar refractivity (Wildman–Crippen MR) is 85.1 cm³/mol. The number of aryl methyl sites for hydroxylation is 1. The number of benzene rings is 2. The molecular formula is C18H23NO. The summed E-state index contributed by atoms with van der Waals surface area (Å²) < 4.78 is 5.80. The molecule has 0 atom stereocenters. The van der Waals surface area contributed by atoms with Crippen molar-refractivity contribution >= 4 is 5.69 Å². The zero-order valence-electron chi connectivity index (χ0n) is 12.7. The van der Waals surface area contributed by atoms with E-state index >= 15 is 0 Å². The molecule has 0 spiro atoms. The highest BCUT2D eigenvalue weighted by molar-refractivity contribution is 5.49. The highest BCUT2D eigenvalue weighted by Crippen LogP contribution is 2.23. The van der Waals surface area contributed by atoms with Gasteiger partial charge in [-0.1, -0.05) is 45.0 Å². The van der Waals surface area contributed by atoms with Gasteiger partial charge in [0.1, 0.15) is 12.4 Å². The Labute approximate surface area is 121 Å². The first-order valence-electron chi connectivity index (χ1n) is 6.94. The van der Waals surface area contributed by atoms with Crippen molar-refractivity contribution in [2.75, 3.05) is 5.73 Å². The summed E-state index contributed by atoms with van der Waals surface area (Å²) >= 11 is 0. The summed E-state index contributed by atoms with van der Waals surface area (Å²) in [7, 11) is 0. The second-order valence-electron chi connectivity index (χ2n) is 6.25. The summed E-state index contributed by atoms with van der Waals surface area (Å²) in [4.78, 5) is 0. The van der Waals surface area contributed by atoms with Crippen molar-refractivity contribution in [3.8, 4) is 5.75 Å². The lowest BCUT2D eigenvalue weighted by atomic mass is 9.87. The van der Waals surface area contributed by atoms with E-state index in [1.807, 2.05) is 25.1 Å². The highest BCUT2D eigenvalue weighted by atomic mass is 16.5. The molecule has 2 aromatic carbocycles. The standard InChI is InChI=1S/C18H23NO/c1-13-11-16(9-10-17(13)19)20-12-14-5-7-15(8-6-14)18(2,3)4/h5-11H,12,19H2,1-4H3. The van der Waals surface area contributed by atoms with Crippen LogP contribution in [-0.4, -0.2) is 0 Å². The summed E-state index contributed by atoms with van der Waals surface area (Å²) in [6, 6.07) is 14.4. The number of hydrogen-bond acceptors (Lipinski definition) is 2. The lowest BCUT2D eigenvalue weighted by molar-refractivity contribution is 0.306. The first kappa shape index (κ1) is 14.4. The van der Waals surface area contributed by atoms with Crippen LogP contribution < -0.4 is 10.5 Å². The Morgan fingerprint density at radius 1 is 1.00 bits per heavy atom. The van der Waals surface area contributed by atoms with Crippen LogP contribution in [0.4, 0.5) is 5.69 Å². The van der Waals surface area contributed by atoms with Gasteiger partial charge >= 0.3 is 0 Å². The van der Waals surface area contributed by atoms with Gasteiger partial charge in [0, 0.05) is 5.69 Å². The Hall–Kier alpha value is -1.96. The fraction of sp³-hybridized carbons (Fsp3) is 0.333. The lowest BCUT2D eigenvalue weighted by Gasteiger charge is -2.19. The Kier molecular flexibility index (Phi) is 4.03. The van der Waals surface area contributed by atoms with Gasteiger partial charge in [-0.25, -0.2) is 0 Å². The third-order valence-electron chi connectivity index (χ3n) is 3.47. The number of nitrogen functional groups attached to an aromatic ring is 1. The summed E-state index contributed by atoms with van der Waals surface area (Å²) in [5.74, 6) is 0.858. The Morgan fingerprint density at radius 2 is 1.65 bits per heavy atom. The fourth-order valence-electron chi connectivity index (χ4n) is 2.01. The fourth-order valence-corrected chi connectivity index (χ4v) is 2.01. The van der Waals surface area contributed by atoms with Gasteiger partial charge < -0.3 is 10.5 Å². The number of ether oxygens (including phenoxy) is 1. The van der Waals surface area contributed by atoms with Crippen LogP contribution >= 0.6 is 0 Å². The molecule has 0 heterocycles. The van der Waals surface area contributed by atoms with Crippen molar-refractivity contribution in [2.24, 2.45) is 0 Å². The van der Waals surface area contributed by atoms with E-state index in [2.05, 4.69) is 45.0 Å². The molecule has 0 aromatic heterocycles. The number of hydrogen-bond donors (Lipinski definition) is 1. The molecule has 0 aliphatic heterocycles. The van der Waals surface area contributed by atoms with Gasteiger partial charge in [0.2, 0.25) is 0 Å². The molecule has 106 valence electrons. The number of nitrogens with two attached hydrogens (primary N) is 1. The van der Waals surface area contributed by atoms with E-state index < -0.39 is 0 Å². The first-order valence-corrected chi connectivity index (χ1v) is 6.94. The van der Waals surface area contributed by atoms with Crippen LogP contribution in [0.1, 0.15) is 37.5 Å². The maximum Gasteiger partial charge on any atom is 0.120 e. The normalized spacial score (nSPS) is 11.4. The lowest BCUT2D eigenvalue weighted by Crippen LogP contribution is -2.10. The van der Waals surface area contributed by atoms with Gasteiger partial charge in [-0.3, -0.25) is 0 Å². The quantitative estimate of drug-likeness (QED) is 0.835. The zero-order chi connectivity index (χ0) is 14.8. The molecule has 0 saturated carbocycles. The summed E-state index contributed by atoms with van der Waals surface area (Å²) in [5.41, 5.74) is 10.3. The van der Waals surface area contributed by atoms with Gasteiger partial charge in [0.05, 0.1) is 0 Å². The van der Waals surface area contributed by atoms with Crippen molar-refractivity contribution in [3.63, 3.8) is 0 Å². The van der Waals surface area contributed by atoms with E-state index in [-0.39, 0.29) is 5.41 Å². The molecule has 2 heteroatoms. The molecule has 20 heavy (non-hydrogen) atoms. The van der Waals surface area contributed by atoms with Crippen LogP contribution in [0.5, 0.6) is 5.75 Å². The van der Waals surface area contributed by atoms with Crippen LogP contribution in [0.25, 0.3) is 0 Å². The van der Waals surface area contributed by atoms with Gasteiger partial charge in [-0.2, -0.15) is 0 Å². The summed E-state index contributed by atoms with van der Waals surface area (Å²) in [5, 5.41) is 0. The third-order valence-corrected chi connectivity index (χ3v) is 3.47. The van der Waals surface area contributed by atoms with Gasteiger partial charge in [-0.05, 0) is 47.2 Å². The van der Waals surface area contributed by atoms with E-state index in [1.54, 1.807) is 0 Å². The molecule has 0 aliphatic carbocycles. The molecule has 0 unspecified atom stereocenters. The van der Waals surface area contributed by atoms with Crippen LogP contribution in [0.3, 0.4) is 0 Å². The van der Waals surface area contributed by atoms with Gasteiger partial charge in [0.15, 0.2) is 0 Å². The topological polar surface area (TPSA) is 35.2 Å². The largest absolute Gasteiger partial charge is 0.489 e. The third kappa shape index (κ3) is 3.53. The smallest absolute Gasteiger partial charge is 0.120 e. The monoisotopic (exact) mass is 269 g/mol. The average Bonchev–Trinajstić information content (AvgIpc) is 2.40. The summed E-state index contributed by atoms with van der Waals surface area (Å²) in [6.45, 7) is 9.22. The molecule has 0 bridgehead atoms. The molecule has 2 rings (SSSR count). The molecule has 2 nitrogen and oxygen atoms in total. The second-order valence-corrected chi connectivity index (χ2v) is 6.25. The molecule has 0 radical (unpaired) electrons. The predicted octanol–water partition coefficient (Wildman–Crippen LogP) is 4.45.